The monoisotopic (exact) mass is 325 g/mol. The number of carbonyl (C=O) groups is 1. The number of alkyl halides is 3. The molecule has 0 heterocycles. The molecular weight excluding hydrogens is 311 g/mol. The van der Waals surface area contributed by atoms with Gasteiger partial charge in [-0.2, -0.15) is 13.2 Å². The minimum Gasteiger partial charge on any atom is -0.469 e. The number of nitrogens with one attached hydrogen (secondary N) is 1. The van der Waals surface area contributed by atoms with Gasteiger partial charge in [0.2, 0.25) is 10.0 Å². The van der Waals surface area contributed by atoms with E-state index >= 15 is 0 Å². The maximum atomic E-state index is 12.6. The van der Waals surface area contributed by atoms with E-state index in [1.165, 1.54) is 6.92 Å². The van der Waals surface area contributed by atoms with Gasteiger partial charge in [0.05, 0.1) is 24.0 Å². The Balaban J connectivity index is 2.96. The van der Waals surface area contributed by atoms with E-state index in [1.54, 1.807) is 0 Å². The van der Waals surface area contributed by atoms with Crippen molar-refractivity contribution >= 4 is 16.0 Å². The zero-order valence-corrected chi connectivity index (χ0v) is 12.1. The number of carbonyl (C=O) groups excluding carboxylic acids is 1. The van der Waals surface area contributed by atoms with Crippen LogP contribution >= 0.6 is 0 Å². The lowest BCUT2D eigenvalue weighted by molar-refractivity contribution is -0.141. The van der Waals surface area contributed by atoms with Crippen LogP contribution in [-0.2, 0) is 25.7 Å². The van der Waals surface area contributed by atoms with Gasteiger partial charge in [0, 0.05) is 6.04 Å². The third-order valence-electron chi connectivity index (χ3n) is 2.53. The van der Waals surface area contributed by atoms with Crippen LogP contribution in [0.5, 0.6) is 0 Å². The molecule has 0 aliphatic carbocycles. The Morgan fingerprint density at radius 1 is 1.38 bits per heavy atom. The minimum atomic E-state index is -4.64. The highest BCUT2D eigenvalue weighted by atomic mass is 32.2. The maximum Gasteiger partial charge on any atom is 0.416 e. The van der Waals surface area contributed by atoms with Crippen molar-refractivity contribution in [2.75, 3.05) is 7.11 Å². The second-order valence-electron chi connectivity index (χ2n) is 4.33. The van der Waals surface area contributed by atoms with E-state index < -0.39 is 38.7 Å². The summed E-state index contributed by atoms with van der Waals surface area (Å²) in [6.45, 7) is 1.40. The molecule has 0 saturated heterocycles. The summed E-state index contributed by atoms with van der Waals surface area (Å²) in [5.41, 5.74) is -1.06. The predicted octanol–water partition coefficient (Wildman–Crippen LogP) is 1.94. The average molecular weight is 325 g/mol. The smallest absolute Gasteiger partial charge is 0.416 e. The van der Waals surface area contributed by atoms with Crippen molar-refractivity contribution in [3.63, 3.8) is 0 Å². The number of halogens is 3. The van der Waals surface area contributed by atoms with E-state index in [-0.39, 0.29) is 6.42 Å². The standard InChI is InChI=1S/C12H14F3NO4S/c1-8(6-11(17)20-2)16-21(18,19)10-5-3-4-9(7-10)12(13,14)15/h3-5,7-8,16H,6H2,1-2H3/t8-/m1/s1. The van der Waals surface area contributed by atoms with Crippen LogP contribution in [0.25, 0.3) is 0 Å². The fourth-order valence-corrected chi connectivity index (χ4v) is 2.84. The molecule has 0 aliphatic heterocycles. The summed E-state index contributed by atoms with van der Waals surface area (Å²) in [6.07, 6.45) is -4.86. The molecule has 21 heavy (non-hydrogen) atoms. The van der Waals surface area contributed by atoms with Crippen molar-refractivity contribution in [2.45, 2.75) is 30.5 Å². The van der Waals surface area contributed by atoms with Gasteiger partial charge in [-0.15, -0.1) is 0 Å². The second-order valence-corrected chi connectivity index (χ2v) is 6.04. The largest absolute Gasteiger partial charge is 0.469 e. The Labute approximate surface area is 120 Å². The molecule has 5 nitrogen and oxygen atoms in total. The van der Waals surface area contributed by atoms with Gasteiger partial charge in [0.25, 0.3) is 0 Å². The van der Waals surface area contributed by atoms with Gasteiger partial charge in [0.1, 0.15) is 0 Å². The number of hydrogen-bond acceptors (Lipinski definition) is 4. The highest BCUT2D eigenvalue weighted by Crippen LogP contribution is 2.30. The minimum absolute atomic E-state index is 0.227. The zero-order valence-electron chi connectivity index (χ0n) is 11.3. The molecule has 9 heteroatoms. The van der Waals surface area contributed by atoms with Gasteiger partial charge in [-0.25, -0.2) is 13.1 Å². The first-order chi connectivity index (χ1) is 9.56. The van der Waals surface area contributed by atoms with Crippen LogP contribution in [0.1, 0.15) is 18.9 Å². The number of rotatable bonds is 5. The molecule has 118 valence electrons. The van der Waals surface area contributed by atoms with Crippen LogP contribution in [0.3, 0.4) is 0 Å². The average Bonchev–Trinajstić information content (AvgIpc) is 2.37. The first-order valence-corrected chi connectivity index (χ1v) is 7.31. The second kappa shape index (κ2) is 6.44. The Kier molecular flexibility index (Phi) is 5.35. The summed E-state index contributed by atoms with van der Waals surface area (Å²) in [7, 11) is -3.00. The third kappa shape index (κ3) is 5.01. The number of hydrogen-bond donors (Lipinski definition) is 1. The van der Waals surface area contributed by atoms with Crippen molar-refractivity contribution < 1.29 is 31.1 Å². The van der Waals surface area contributed by atoms with Crippen molar-refractivity contribution in [3.05, 3.63) is 29.8 Å². The fourth-order valence-electron chi connectivity index (χ4n) is 1.55. The van der Waals surface area contributed by atoms with Crippen LogP contribution in [0.15, 0.2) is 29.2 Å². The zero-order chi connectivity index (χ0) is 16.3. The molecule has 0 bridgehead atoms. The van der Waals surface area contributed by atoms with Crippen molar-refractivity contribution in [3.8, 4) is 0 Å². The first-order valence-electron chi connectivity index (χ1n) is 5.82. The normalized spacial score (nSPS) is 13.8. The van der Waals surface area contributed by atoms with Gasteiger partial charge in [-0.05, 0) is 25.1 Å². The maximum absolute atomic E-state index is 12.6. The van der Waals surface area contributed by atoms with Crippen molar-refractivity contribution in [1.29, 1.82) is 0 Å². The van der Waals surface area contributed by atoms with Crippen LogP contribution in [-0.4, -0.2) is 27.5 Å². The Bertz CT molecular complexity index is 613. The van der Waals surface area contributed by atoms with E-state index in [2.05, 4.69) is 9.46 Å². The van der Waals surface area contributed by atoms with Gasteiger partial charge in [-0.3, -0.25) is 4.79 Å². The van der Waals surface area contributed by atoms with E-state index in [0.717, 1.165) is 25.3 Å². The Hall–Kier alpha value is -1.61. The third-order valence-corrected chi connectivity index (χ3v) is 4.12. The fraction of sp³-hybridized carbons (Fsp3) is 0.417. The number of benzene rings is 1. The molecule has 1 rings (SSSR count). The summed E-state index contributed by atoms with van der Waals surface area (Å²) in [4.78, 5) is 10.5. The van der Waals surface area contributed by atoms with Gasteiger partial charge in [-0.1, -0.05) is 6.07 Å². The summed E-state index contributed by atoms with van der Waals surface area (Å²) >= 11 is 0. The topological polar surface area (TPSA) is 72.5 Å². The lowest BCUT2D eigenvalue weighted by Gasteiger charge is -2.14. The SMILES string of the molecule is COC(=O)C[C@@H](C)NS(=O)(=O)c1cccc(C(F)(F)F)c1. The van der Waals surface area contributed by atoms with E-state index in [1.807, 2.05) is 0 Å². The number of ether oxygens (including phenoxy) is 1. The summed E-state index contributed by atoms with van der Waals surface area (Å²) < 4.78 is 68.1. The molecule has 1 N–H and O–H groups in total. The molecule has 0 radical (unpaired) electrons. The highest BCUT2D eigenvalue weighted by molar-refractivity contribution is 7.89. The van der Waals surface area contributed by atoms with Gasteiger partial charge < -0.3 is 4.74 Å². The first kappa shape index (κ1) is 17.4. The molecule has 1 atom stereocenters. The summed E-state index contributed by atoms with van der Waals surface area (Å²) in [6, 6.07) is 2.55. The Morgan fingerprint density at radius 3 is 2.52 bits per heavy atom. The van der Waals surface area contributed by atoms with Crippen LogP contribution in [0.4, 0.5) is 13.2 Å². The molecular formula is C12H14F3NO4S. The molecule has 0 unspecified atom stereocenters. The predicted molar refractivity (Wildman–Crippen MR) is 67.9 cm³/mol. The lowest BCUT2D eigenvalue weighted by Crippen LogP contribution is -2.34. The molecule has 0 fully saturated rings. The highest BCUT2D eigenvalue weighted by Gasteiger charge is 2.31. The Morgan fingerprint density at radius 2 is 2.00 bits per heavy atom. The quantitative estimate of drug-likeness (QED) is 0.840. The van der Waals surface area contributed by atoms with E-state index in [4.69, 9.17) is 0 Å². The molecule has 0 aromatic heterocycles. The lowest BCUT2D eigenvalue weighted by atomic mass is 10.2. The van der Waals surface area contributed by atoms with Gasteiger partial charge in [0.15, 0.2) is 0 Å². The number of sulfonamides is 1. The van der Waals surface area contributed by atoms with E-state index in [9.17, 15) is 26.4 Å². The molecule has 1 aromatic rings. The molecule has 1 aromatic carbocycles. The van der Waals surface area contributed by atoms with Gasteiger partial charge >= 0.3 is 12.1 Å². The number of methoxy groups -OCH3 is 1. The van der Waals surface area contributed by atoms with Crippen molar-refractivity contribution in [1.82, 2.24) is 4.72 Å². The van der Waals surface area contributed by atoms with Crippen LogP contribution in [0.2, 0.25) is 0 Å². The molecule has 0 spiro atoms. The van der Waals surface area contributed by atoms with Crippen LogP contribution in [0, 0.1) is 0 Å². The summed E-state index contributed by atoms with van der Waals surface area (Å²) in [5.74, 6) is -0.630. The molecule has 0 aliphatic rings. The molecule has 0 saturated carbocycles. The van der Waals surface area contributed by atoms with Crippen molar-refractivity contribution in [2.24, 2.45) is 0 Å². The summed E-state index contributed by atoms with van der Waals surface area (Å²) in [5, 5.41) is 0. The number of esters is 1. The molecule has 0 amide bonds. The van der Waals surface area contributed by atoms with Crippen LogP contribution < -0.4 is 4.72 Å². The van der Waals surface area contributed by atoms with E-state index in [0.29, 0.717) is 6.07 Å².